The zero-order chi connectivity index (χ0) is 15.0. The van der Waals surface area contributed by atoms with Crippen LogP contribution in [0.2, 0.25) is 0 Å². The van der Waals surface area contributed by atoms with Gasteiger partial charge in [-0.3, -0.25) is 4.40 Å². The topological polar surface area (TPSA) is 38.6 Å². The van der Waals surface area contributed by atoms with E-state index in [2.05, 4.69) is 27.8 Å². The maximum atomic E-state index is 13.7. The van der Waals surface area contributed by atoms with Crippen LogP contribution in [0.3, 0.4) is 0 Å². The van der Waals surface area contributed by atoms with Crippen LogP contribution in [-0.4, -0.2) is 16.5 Å². The highest BCUT2D eigenvalue weighted by Crippen LogP contribution is 2.23. The molecule has 0 fully saturated rings. The standard InChI is InChI=1S/C15H16FN3OS/c1-9-8-19-13(10(2)18-15(19)21-9)7-17-11-4-5-14(20-3)12(16)6-11/h4-6,8,17H,7H2,1-3H3. The van der Waals surface area contributed by atoms with Gasteiger partial charge in [-0.15, -0.1) is 11.3 Å². The molecule has 0 aliphatic carbocycles. The third-order valence-electron chi connectivity index (χ3n) is 3.35. The van der Waals surface area contributed by atoms with Gasteiger partial charge in [0.1, 0.15) is 0 Å². The number of thiazole rings is 1. The van der Waals surface area contributed by atoms with Crippen LogP contribution in [0, 0.1) is 19.7 Å². The maximum Gasteiger partial charge on any atom is 0.194 e. The van der Waals surface area contributed by atoms with Crippen LogP contribution in [0.5, 0.6) is 5.75 Å². The van der Waals surface area contributed by atoms with Crippen molar-refractivity contribution in [1.82, 2.24) is 9.38 Å². The van der Waals surface area contributed by atoms with Gasteiger partial charge in [-0.2, -0.15) is 0 Å². The van der Waals surface area contributed by atoms with Crippen molar-refractivity contribution in [2.24, 2.45) is 0 Å². The molecule has 2 heterocycles. The van der Waals surface area contributed by atoms with Crippen LogP contribution in [-0.2, 0) is 6.54 Å². The van der Waals surface area contributed by atoms with Gasteiger partial charge in [-0.05, 0) is 26.0 Å². The highest BCUT2D eigenvalue weighted by Gasteiger charge is 2.11. The van der Waals surface area contributed by atoms with Crippen LogP contribution in [0.1, 0.15) is 16.3 Å². The normalized spacial score (nSPS) is 11.0. The van der Waals surface area contributed by atoms with Crippen LogP contribution < -0.4 is 10.1 Å². The van der Waals surface area contributed by atoms with Gasteiger partial charge in [0.25, 0.3) is 0 Å². The van der Waals surface area contributed by atoms with Crippen LogP contribution in [0.4, 0.5) is 10.1 Å². The van der Waals surface area contributed by atoms with Crippen molar-refractivity contribution >= 4 is 22.0 Å². The summed E-state index contributed by atoms with van der Waals surface area (Å²) >= 11 is 1.66. The van der Waals surface area contributed by atoms with Crippen LogP contribution >= 0.6 is 11.3 Å². The zero-order valence-electron chi connectivity index (χ0n) is 12.1. The summed E-state index contributed by atoms with van der Waals surface area (Å²) in [6.45, 7) is 4.64. The molecule has 21 heavy (non-hydrogen) atoms. The van der Waals surface area contributed by atoms with Gasteiger partial charge in [0, 0.05) is 22.8 Å². The molecule has 0 spiro atoms. The fourth-order valence-corrected chi connectivity index (χ4v) is 3.17. The lowest BCUT2D eigenvalue weighted by Crippen LogP contribution is -2.04. The quantitative estimate of drug-likeness (QED) is 0.797. The van der Waals surface area contributed by atoms with E-state index in [9.17, 15) is 4.39 Å². The second-order valence-corrected chi connectivity index (χ2v) is 6.05. The average Bonchev–Trinajstić information content (AvgIpc) is 2.92. The van der Waals surface area contributed by atoms with E-state index in [1.165, 1.54) is 18.1 Å². The van der Waals surface area contributed by atoms with E-state index >= 15 is 0 Å². The van der Waals surface area contributed by atoms with E-state index in [1.807, 2.05) is 6.92 Å². The minimum Gasteiger partial charge on any atom is -0.494 e. The summed E-state index contributed by atoms with van der Waals surface area (Å²) in [5.41, 5.74) is 2.79. The molecule has 0 saturated heterocycles. The Morgan fingerprint density at radius 2 is 2.19 bits per heavy atom. The third-order valence-corrected chi connectivity index (χ3v) is 4.25. The Morgan fingerprint density at radius 3 is 2.90 bits per heavy atom. The summed E-state index contributed by atoms with van der Waals surface area (Å²) in [6, 6.07) is 4.85. The number of hydrogen-bond acceptors (Lipinski definition) is 4. The zero-order valence-corrected chi connectivity index (χ0v) is 12.9. The molecule has 3 rings (SSSR count). The number of nitrogens with zero attached hydrogens (tertiary/aromatic N) is 2. The van der Waals surface area contributed by atoms with E-state index < -0.39 is 0 Å². The molecular formula is C15H16FN3OS. The summed E-state index contributed by atoms with van der Waals surface area (Å²) in [6.07, 6.45) is 2.08. The fraction of sp³-hybridized carbons (Fsp3) is 0.267. The molecule has 0 unspecified atom stereocenters. The number of benzene rings is 1. The van der Waals surface area contributed by atoms with Crippen LogP contribution in [0.25, 0.3) is 4.96 Å². The summed E-state index contributed by atoms with van der Waals surface area (Å²) < 4.78 is 20.7. The van der Waals surface area contributed by atoms with Gasteiger partial charge >= 0.3 is 0 Å². The molecule has 0 radical (unpaired) electrons. The third kappa shape index (κ3) is 2.58. The first-order valence-electron chi connectivity index (χ1n) is 6.60. The minimum atomic E-state index is -0.371. The predicted octanol–water partition coefficient (Wildman–Crippen LogP) is 3.77. The number of aromatic nitrogens is 2. The van der Waals surface area contributed by atoms with Crippen molar-refractivity contribution < 1.29 is 9.13 Å². The van der Waals surface area contributed by atoms with Crippen molar-refractivity contribution in [2.75, 3.05) is 12.4 Å². The van der Waals surface area contributed by atoms with Gasteiger partial charge in [0.2, 0.25) is 0 Å². The first-order chi connectivity index (χ1) is 10.1. The van der Waals surface area contributed by atoms with Gasteiger partial charge < -0.3 is 10.1 Å². The average molecular weight is 305 g/mol. The number of anilines is 1. The van der Waals surface area contributed by atoms with E-state index in [1.54, 1.807) is 23.5 Å². The molecule has 0 aliphatic heterocycles. The smallest absolute Gasteiger partial charge is 0.194 e. The second-order valence-electron chi connectivity index (χ2n) is 4.84. The predicted molar refractivity (Wildman–Crippen MR) is 82.8 cm³/mol. The van der Waals surface area contributed by atoms with Crippen molar-refractivity contribution in [1.29, 1.82) is 0 Å². The van der Waals surface area contributed by atoms with Gasteiger partial charge in [0.15, 0.2) is 16.5 Å². The summed E-state index contributed by atoms with van der Waals surface area (Å²) in [7, 11) is 1.46. The lowest BCUT2D eigenvalue weighted by atomic mass is 10.2. The van der Waals surface area contributed by atoms with Gasteiger partial charge in [0.05, 0.1) is 25.0 Å². The molecule has 1 aromatic carbocycles. The number of fused-ring (bicyclic) bond motifs is 1. The molecular weight excluding hydrogens is 289 g/mol. The van der Waals surface area contributed by atoms with Crippen LogP contribution in [0.15, 0.2) is 24.4 Å². The van der Waals surface area contributed by atoms with Crippen molar-refractivity contribution in [3.05, 3.63) is 46.5 Å². The molecule has 0 atom stereocenters. The van der Waals surface area contributed by atoms with E-state index in [0.717, 1.165) is 22.0 Å². The van der Waals surface area contributed by atoms with E-state index in [0.29, 0.717) is 6.54 Å². The van der Waals surface area contributed by atoms with Crippen molar-refractivity contribution in [3.8, 4) is 5.75 Å². The SMILES string of the molecule is COc1ccc(NCc2c(C)nc3sc(C)cn23)cc1F. The number of halogens is 1. The molecule has 110 valence electrons. The van der Waals surface area contributed by atoms with Gasteiger partial charge in [-0.1, -0.05) is 0 Å². The first kappa shape index (κ1) is 13.9. The number of methoxy groups -OCH3 is 1. The molecule has 4 nitrogen and oxygen atoms in total. The molecule has 2 aromatic heterocycles. The Labute approximate surface area is 126 Å². The summed E-state index contributed by atoms with van der Waals surface area (Å²) in [5.74, 6) is -0.124. The lowest BCUT2D eigenvalue weighted by molar-refractivity contribution is 0.386. The lowest BCUT2D eigenvalue weighted by Gasteiger charge is -2.08. The molecule has 3 aromatic rings. The monoisotopic (exact) mass is 305 g/mol. The molecule has 0 saturated carbocycles. The number of hydrogen-bond donors (Lipinski definition) is 1. The number of nitrogens with one attached hydrogen (secondary N) is 1. The largest absolute Gasteiger partial charge is 0.494 e. The maximum absolute atomic E-state index is 13.7. The first-order valence-corrected chi connectivity index (χ1v) is 7.41. The highest BCUT2D eigenvalue weighted by atomic mass is 32.1. The fourth-order valence-electron chi connectivity index (χ4n) is 2.28. The summed E-state index contributed by atoms with van der Waals surface area (Å²) in [5, 5.41) is 3.23. The Balaban J connectivity index is 1.83. The Morgan fingerprint density at radius 1 is 1.38 bits per heavy atom. The Kier molecular flexibility index (Phi) is 3.55. The molecule has 0 amide bonds. The number of rotatable bonds is 4. The number of ether oxygens (including phenoxy) is 1. The highest BCUT2D eigenvalue weighted by molar-refractivity contribution is 7.17. The second kappa shape index (κ2) is 5.37. The molecule has 1 N–H and O–H groups in total. The van der Waals surface area contributed by atoms with Crippen molar-refractivity contribution in [2.45, 2.75) is 20.4 Å². The number of aryl methyl sites for hydroxylation is 2. The number of imidazole rings is 1. The van der Waals surface area contributed by atoms with Gasteiger partial charge in [-0.25, -0.2) is 9.37 Å². The minimum absolute atomic E-state index is 0.247. The Hall–Kier alpha value is -2.08. The van der Waals surface area contributed by atoms with E-state index in [4.69, 9.17) is 4.74 Å². The molecule has 0 bridgehead atoms. The van der Waals surface area contributed by atoms with E-state index in [-0.39, 0.29) is 11.6 Å². The molecule has 0 aliphatic rings. The van der Waals surface area contributed by atoms with Crippen molar-refractivity contribution in [3.63, 3.8) is 0 Å². The summed E-state index contributed by atoms with van der Waals surface area (Å²) in [4.78, 5) is 6.74. The Bertz CT molecular complexity index is 794. The molecule has 6 heteroatoms.